The SMILES string of the molecule is NCCCNCCCN1CCN(C(CCCC(=O)O)C(=O)O)CC1. The van der Waals surface area contributed by atoms with Gasteiger partial charge in [0.2, 0.25) is 0 Å². The van der Waals surface area contributed by atoms with Crippen molar-refractivity contribution in [2.75, 3.05) is 52.4 Å². The molecule has 1 heterocycles. The Morgan fingerprint density at radius 3 is 2.29 bits per heavy atom. The zero-order valence-electron chi connectivity index (χ0n) is 14.5. The molecule has 0 saturated carbocycles. The molecule has 0 aromatic rings. The molecule has 0 aliphatic carbocycles. The van der Waals surface area contributed by atoms with E-state index in [0.29, 0.717) is 19.4 Å². The first-order valence-corrected chi connectivity index (χ1v) is 8.86. The van der Waals surface area contributed by atoms with Crippen molar-refractivity contribution in [3.8, 4) is 0 Å². The van der Waals surface area contributed by atoms with E-state index >= 15 is 0 Å². The predicted octanol–water partition coefficient (Wildman–Crippen LogP) is -0.359. The lowest BCUT2D eigenvalue weighted by molar-refractivity contribution is -0.145. The number of aliphatic carboxylic acids is 2. The Bertz CT molecular complexity index is 373. The number of nitrogens with two attached hydrogens (primary N) is 1. The zero-order chi connectivity index (χ0) is 17.8. The molecule has 1 saturated heterocycles. The highest BCUT2D eigenvalue weighted by atomic mass is 16.4. The van der Waals surface area contributed by atoms with Crippen molar-refractivity contribution in [2.45, 2.75) is 38.1 Å². The van der Waals surface area contributed by atoms with Gasteiger partial charge in [0.15, 0.2) is 0 Å². The van der Waals surface area contributed by atoms with Crippen molar-refractivity contribution >= 4 is 11.9 Å². The van der Waals surface area contributed by atoms with Crippen molar-refractivity contribution in [1.29, 1.82) is 0 Å². The van der Waals surface area contributed by atoms with Crippen LogP contribution in [0.15, 0.2) is 0 Å². The van der Waals surface area contributed by atoms with Gasteiger partial charge in [0, 0.05) is 32.6 Å². The number of carboxylic acid groups (broad SMARTS) is 2. The molecular formula is C16H32N4O4. The number of carboxylic acids is 2. The standard InChI is InChI=1S/C16H32N4O4/c17-6-2-7-18-8-3-9-19-10-12-20(13-11-19)14(16(23)24)4-1-5-15(21)22/h14,18H,1-13,17H2,(H,21,22)(H,23,24). The fraction of sp³-hybridized carbons (Fsp3) is 0.875. The molecule has 0 amide bonds. The summed E-state index contributed by atoms with van der Waals surface area (Å²) < 4.78 is 0. The van der Waals surface area contributed by atoms with E-state index in [-0.39, 0.29) is 6.42 Å². The van der Waals surface area contributed by atoms with Gasteiger partial charge in [0.1, 0.15) is 6.04 Å². The van der Waals surface area contributed by atoms with E-state index in [1.165, 1.54) is 0 Å². The van der Waals surface area contributed by atoms with Gasteiger partial charge in [-0.2, -0.15) is 0 Å². The van der Waals surface area contributed by atoms with Gasteiger partial charge in [-0.05, 0) is 51.9 Å². The third-order valence-corrected chi connectivity index (χ3v) is 4.39. The van der Waals surface area contributed by atoms with E-state index < -0.39 is 18.0 Å². The van der Waals surface area contributed by atoms with Gasteiger partial charge in [-0.25, -0.2) is 0 Å². The molecule has 0 aromatic carbocycles. The maximum absolute atomic E-state index is 11.4. The van der Waals surface area contributed by atoms with Crippen molar-refractivity contribution in [3.63, 3.8) is 0 Å². The van der Waals surface area contributed by atoms with E-state index in [4.69, 9.17) is 10.8 Å². The van der Waals surface area contributed by atoms with Crippen LogP contribution in [0.4, 0.5) is 0 Å². The first-order chi connectivity index (χ1) is 11.5. The maximum atomic E-state index is 11.4. The fourth-order valence-corrected chi connectivity index (χ4v) is 2.99. The molecule has 8 nitrogen and oxygen atoms in total. The third kappa shape index (κ3) is 8.58. The number of nitrogens with zero attached hydrogens (tertiary/aromatic N) is 2. The van der Waals surface area contributed by atoms with Gasteiger partial charge in [0.05, 0.1) is 0 Å². The molecule has 1 rings (SSSR count). The first kappa shape index (κ1) is 20.8. The van der Waals surface area contributed by atoms with Gasteiger partial charge in [-0.3, -0.25) is 14.5 Å². The third-order valence-electron chi connectivity index (χ3n) is 4.39. The fourth-order valence-electron chi connectivity index (χ4n) is 2.99. The monoisotopic (exact) mass is 344 g/mol. The smallest absolute Gasteiger partial charge is 0.320 e. The maximum Gasteiger partial charge on any atom is 0.320 e. The van der Waals surface area contributed by atoms with E-state index in [2.05, 4.69) is 10.2 Å². The quantitative estimate of drug-likeness (QED) is 0.335. The molecule has 1 aliphatic heterocycles. The van der Waals surface area contributed by atoms with Crippen LogP contribution in [0, 0.1) is 0 Å². The van der Waals surface area contributed by atoms with Gasteiger partial charge < -0.3 is 26.2 Å². The Hall–Kier alpha value is -1.22. The zero-order valence-corrected chi connectivity index (χ0v) is 14.5. The summed E-state index contributed by atoms with van der Waals surface area (Å²) in [6.45, 7) is 6.85. The van der Waals surface area contributed by atoms with Gasteiger partial charge in [-0.1, -0.05) is 0 Å². The normalized spacial score (nSPS) is 17.7. The highest BCUT2D eigenvalue weighted by Crippen LogP contribution is 2.13. The van der Waals surface area contributed by atoms with Crippen LogP contribution in [-0.4, -0.2) is 90.4 Å². The summed E-state index contributed by atoms with van der Waals surface area (Å²) in [5.74, 6) is -1.72. The molecule has 1 fully saturated rings. The molecule has 0 spiro atoms. The molecule has 1 unspecified atom stereocenters. The van der Waals surface area contributed by atoms with Crippen molar-refractivity contribution in [3.05, 3.63) is 0 Å². The highest BCUT2D eigenvalue weighted by Gasteiger charge is 2.28. The summed E-state index contributed by atoms with van der Waals surface area (Å²) in [5.41, 5.74) is 5.44. The second-order valence-electron chi connectivity index (χ2n) is 6.26. The molecule has 1 aliphatic rings. The highest BCUT2D eigenvalue weighted by molar-refractivity contribution is 5.73. The lowest BCUT2D eigenvalue weighted by Gasteiger charge is -2.37. The molecular weight excluding hydrogens is 312 g/mol. The minimum Gasteiger partial charge on any atom is -0.481 e. The summed E-state index contributed by atoms with van der Waals surface area (Å²) >= 11 is 0. The Labute approximate surface area is 144 Å². The predicted molar refractivity (Wildman–Crippen MR) is 92.1 cm³/mol. The molecule has 0 aromatic heterocycles. The van der Waals surface area contributed by atoms with E-state index in [1.807, 2.05) is 4.90 Å². The van der Waals surface area contributed by atoms with Gasteiger partial charge in [0.25, 0.3) is 0 Å². The van der Waals surface area contributed by atoms with Crippen LogP contribution in [0.5, 0.6) is 0 Å². The Morgan fingerprint density at radius 2 is 1.71 bits per heavy atom. The number of piperazine rings is 1. The van der Waals surface area contributed by atoms with E-state index in [9.17, 15) is 14.7 Å². The van der Waals surface area contributed by atoms with Crippen molar-refractivity contribution in [1.82, 2.24) is 15.1 Å². The summed E-state index contributed by atoms with van der Waals surface area (Å²) in [6.07, 6.45) is 2.90. The molecule has 0 radical (unpaired) electrons. The van der Waals surface area contributed by atoms with Crippen LogP contribution in [-0.2, 0) is 9.59 Å². The van der Waals surface area contributed by atoms with Crippen LogP contribution in [0.1, 0.15) is 32.1 Å². The number of hydrogen-bond donors (Lipinski definition) is 4. The van der Waals surface area contributed by atoms with Crippen LogP contribution in [0.3, 0.4) is 0 Å². The van der Waals surface area contributed by atoms with Crippen LogP contribution < -0.4 is 11.1 Å². The number of hydrogen-bond acceptors (Lipinski definition) is 6. The Morgan fingerprint density at radius 1 is 1.04 bits per heavy atom. The molecule has 140 valence electrons. The Kier molecular flexibility index (Phi) is 10.6. The summed E-state index contributed by atoms with van der Waals surface area (Å²) in [6, 6.07) is -0.565. The second kappa shape index (κ2) is 12.2. The summed E-state index contributed by atoms with van der Waals surface area (Å²) in [4.78, 5) is 26.3. The van der Waals surface area contributed by atoms with Crippen LogP contribution in [0.2, 0.25) is 0 Å². The molecule has 8 heteroatoms. The number of carbonyl (C=O) groups is 2. The largest absolute Gasteiger partial charge is 0.481 e. The minimum absolute atomic E-state index is 0.0287. The van der Waals surface area contributed by atoms with Crippen LogP contribution in [0.25, 0.3) is 0 Å². The molecule has 0 bridgehead atoms. The van der Waals surface area contributed by atoms with E-state index in [1.54, 1.807) is 0 Å². The average molecular weight is 344 g/mol. The van der Waals surface area contributed by atoms with Gasteiger partial charge in [-0.15, -0.1) is 0 Å². The van der Waals surface area contributed by atoms with Crippen LogP contribution >= 0.6 is 0 Å². The molecule has 1 atom stereocenters. The summed E-state index contributed by atoms with van der Waals surface area (Å²) in [5, 5.41) is 21.4. The minimum atomic E-state index is -0.871. The second-order valence-corrected chi connectivity index (χ2v) is 6.26. The molecule has 24 heavy (non-hydrogen) atoms. The Balaban J connectivity index is 2.21. The topological polar surface area (TPSA) is 119 Å². The van der Waals surface area contributed by atoms with Crippen molar-refractivity contribution in [2.24, 2.45) is 5.73 Å². The van der Waals surface area contributed by atoms with Gasteiger partial charge >= 0.3 is 11.9 Å². The van der Waals surface area contributed by atoms with E-state index in [0.717, 1.165) is 58.7 Å². The first-order valence-electron chi connectivity index (χ1n) is 8.86. The summed E-state index contributed by atoms with van der Waals surface area (Å²) in [7, 11) is 0. The molecule has 5 N–H and O–H groups in total. The lowest BCUT2D eigenvalue weighted by Crippen LogP contribution is -2.52. The lowest BCUT2D eigenvalue weighted by atomic mass is 10.1. The number of nitrogens with one attached hydrogen (secondary N) is 1. The average Bonchev–Trinajstić information content (AvgIpc) is 2.55. The number of rotatable bonds is 13. The van der Waals surface area contributed by atoms with Crippen molar-refractivity contribution < 1.29 is 19.8 Å².